The fourth-order valence-corrected chi connectivity index (χ4v) is 0.840. The summed E-state index contributed by atoms with van der Waals surface area (Å²) in [5, 5.41) is 8.43. The Morgan fingerprint density at radius 3 is 1.54 bits per heavy atom. The fourth-order valence-electron chi connectivity index (χ4n) is 0.840. The number of hydrogen-bond acceptors (Lipinski definition) is 1. The molecule has 0 bridgehead atoms. The molecular weight excluding hydrogens is 249 g/mol. The Balaban J connectivity index is 0.000000215. The van der Waals surface area contributed by atoms with Crippen LogP contribution in [0, 0.1) is 0 Å². The largest absolute Gasteiger partial charge is 0.748 e. The second-order valence-electron chi connectivity index (χ2n) is 2.41. The third-order valence-electron chi connectivity index (χ3n) is 1.47. The summed E-state index contributed by atoms with van der Waals surface area (Å²) in [4.78, 5) is 0. The molecule has 0 aliphatic heterocycles. The van der Waals surface area contributed by atoms with Gasteiger partial charge in [-0.15, -0.1) is 5.56 Å². The quantitative estimate of drug-likeness (QED) is 0.617. The first-order valence-corrected chi connectivity index (χ1v) is 3.91. The molecule has 0 fully saturated rings. The maximum absolute atomic E-state index is 8.43. The van der Waals surface area contributed by atoms with E-state index in [9.17, 15) is 0 Å². The molecule has 2 heteroatoms. The van der Waals surface area contributed by atoms with Crippen LogP contribution in [0.1, 0.15) is 5.56 Å². The van der Waals surface area contributed by atoms with E-state index in [1.165, 1.54) is 0 Å². The summed E-state index contributed by atoms with van der Waals surface area (Å²) in [6, 6.07) is 17.6. The molecule has 0 spiro atoms. The summed E-state index contributed by atoms with van der Waals surface area (Å²) in [6.07, 6.45) is 0. The Morgan fingerprint density at radius 2 is 1.31 bits per heavy atom. The molecule has 1 N–H and O–H groups in total. The standard InChI is InChI=1S/C6H7O.C5H5.Ru/c7-5-6-3-1-2-4-6;1-2-4-5-3-1;/h1-4,7H,5H2;1-5H;/q-1;-5;. The Hall–Kier alpha value is -0.717. The van der Waals surface area contributed by atoms with Gasteiger partial charge in [-0.25, -0.2) is 12.1 Å². The van der Waals surface area contributed by atoms with Crippen LogP contribution in [-0.4, -0.2) is 5.11 Å². The van der Waals surface area contributed by atoms with Crippen molar-refractivity contribution in [2.75, 3.05) is 0 Å². The van der Waals surface area contributed by atoms with Gasteiger partial charge in [0.2, 0.25) is 0 Å². The van der Waals surface area contributed by atoms with Gasteiger partial charge >= 0.3 is 0 Å². The van der Waals surface area contributed by atoms with Gasteiger partial charge in [0.15, 0.2) is 0 Å². The first kappa shape index (κ1) is 12.3. The van der Waals surface area contributed by atoms with E-state index in [1.54, 1.807) is 0 Å². The van der Waals surface area contributed by atoms with E-state index in [1.807, 2.05) is 54.6 Å². The van der Waals surface area contributed by atoms with E-state index in [0.29, 0.717) is 0 Å². The molecule has 0 saturated heterocycles. The van der Waals surface area contributed by atoms with Gasteiger partial charge in [-0.1, -0.05) is 0 Å². The van der Waals surface area contributed by atoms with Crippen LogP contribution in [0.15, 0.2) is 54.6 Å². The van der Waals surface area contributed by atoms with Crippen molar-refractivity contribution in [2.24, 2.45) is 0 Å². The Kier molecular flexibility index (Phi) is 7.47. The van der Waals surface area contributed by atoms with Gasteiger partial charge in [-0.05, 0) is 0 Å². The molecule has 0 unspecified atom stereocenters. The van der Waals surface area contributed by atoms with Crippen molar-refractivity contribution in [3.63, 3.8) is 0 Å². The molecule has 0 aromatic heterocycles. The molecule has 0 atom stereocenters. The van der Waals surface area contributed by atoms with E-state index in [0.717, 1.165) is 5.56 Å². The third kappa shape index (κ3) is 5.51. The van der Waals surface area contributed by atoms with E-state index >= 15 is 0 Å². The molecule has 0 aliphatic carbocycles. The Labute approximate surface area is 91.5 Å². The van der Waals surface area contributed by atoms with Crippen molar-refractivity contribution in [3.8, 4) is 0 Å². The van der Waals surface area contributed by atoms with Crippen LogP contribution in [-0.2, 0) is 26.1 Å². The third-order valence-corrected chi connectivity index (χ3v) is 1.47. The van der Waals surface area contributed by atoms with Crippen molar-refractivity contribution in [3.05, 3.63) is 60.2 Å². The van der Waals surface area contributed by atoms with Crippen molar-refractivity contribution >= 4 is 0 Å². The summed E-state index contributed by atoms with van der Waals surface area (Å²) < 4.78 is 0. The van der Waals surface area contributed by atoms with Crippen molar-refractivity contribution in [1.29, 1.82) is 0 Å². The van der Waals surface area contributed by atoms with E-state index in [-0.39, 0.29) is 26.1 Å². The molecule has 0 radical (unpaired) electrons. The number of aliphatic hydroxyl groups is 1. The predicted octanol–water partition coefficient (Wildman–Crippen LogP) is 2.30. The molecular formula is C11H12ORu-6. The maximum Gasteiger partial charge on any atom is 0.0238 e. The summed E-state index contributed by atoms with van der Waals surface area (Å²) in [6.45, 7) is 0.160. The molecule has 76 valence electrons. The minimum atomic E-state index is 0. The molecule has 0 heterocycles. The van der Waals surface area contributed by atoms with Crippen LogP contribution in [0.2, 0.25) is 0 Å². The Bertz CT molecular complexity index is 241. The predicted molar refractivity (Wildman–Crippen MR) is 50.0 cm³/mol. The van der Waals surface area contributed by atoms with Crippen LogP contribution >= 0.6 is 0 Å². The van der Waals surface area contributed by atoms with Crippen molar-refractivity contribution in [2.45, 2.75) is 6.61 Å². The van der Waals surface area contributed by atoms with Gasteiger partial charge in [-0.3, -0.25) is 0 Å². The number of rotatable bonds is 1. The van der Waals surface area contributed by atoms with Crippen LogP contribution in [0.3, 0.4) is 0 Å². The second kappa shape index (κ2) is 7.91. The van der Waals surface area contributed by atoms with Crippen LogP contribution in [0.4, 0.5) is 0 Å². The number of hydrogen-bond donors (Lipinski definition) is 1. The zero-order valence-electron chi connectivity index (χ0n) is 7.20. The van der Waals surface area contributed by atoms with Crippen LogP contribution in [0.5, 0.6) is 0 Å². The van der Waals surface area contributed by atoms with Gasteiger partial charge in [-0.2, -0.15) is 12.1 Å². The summed E-state index contributed by atoms with van der Waals surface area (Å²) in [7, 11) is 0. The van der Waals surface area contributed by atoms with Gasteiger partial charge in [0.05, 0.1) is 0 Å². The Morgan fingerprint density at radius 1 is 0.923 bits per heavy atom. The van der Waals surface area contributed by atoms with Gasteiger partial charge in [0, 0.05) is 26.1 Å². The zero-order valence-corrected chi connectivity index (χ0v) is 8.94. The van der Waals surface area contributed by atoms with Gasteiger partial charge in [0.1, 0.15) is 0 Å². The normalized spacial score (nSPS) is 8.08. The molecule has 13 heavy (non-hydrogen) atoms. The fraction of sp³-hybridized carbons (Fsp3) is 0.0909. The molecule has 2 aromatic carbocycles. The molecule has 0 saturated carbocycles. The van der Waals surface area contributed by atoms with Gasteiger partial charge < -0.3 is 35.4 Å². The number of aliphatic hydroxyl groups excluding tert-OH is 1. The molecule has 2 aromatic rings. The van der Waals surface area contributed by atoms with E-state index < -0.39 is 0 Å². The van der Waals surface area contributed by atoms with Gasteiger partial charge in [0.25, 0.3) is 0 Å². The maximum atomic E-state index is 8.43. The topological polar surface area (TPSA) is 20.2 Å². The molecule has 1 nitrogen and oxygen atoms in total. The minimum absolute atomic E-state index is 0. The smallest absolute Gasteiger partial charge is 0.0238 e. The summed E-state index contributed by atoms with van der Waals surface area (Å²) in [5.41, 5.74) is 0.986. The zero-order chi connectivity index (χ0) is 8.65. The average molecular weight is 261 g/mol. The second-order valence-corrected chi connectivity index (χ2v) is 2.41. The van der Waals surface area contributed by atoms with Crippen molar-refractivity contribution < 1.29 is 24.6 Å². The van der Waals surface area contributed by atoms with Crippen LogP contribution < -0.4 is 0 Å². The monoisotopic (exact) mass is 262 g/mol. The van der Waals surface area contributed by atoms with E-state index in [4.69, 9.17) is 5.11 Å². The molecule has 0 aliphatic rings. The van der Waals surface area contributed by atoms with E-state index in [2.05, 4.69) is 0 Å². The summed E-state index contributed by atoms with van der Waals surface area (Å²) in [5.74, 6) is 0. The van der Waals surface area contributed by atoms with Crippen LogP contribution in [0.25, 0.3) is 0 Å². The first-order valence-electron chi connectivity index (χ1n) is 3.91. The molecule has 2 rings (SSSR count). The SMILES string of the molecule is OC[c-]1cccc1.[Ru].[cH-]1[cH-][cH-][cH-][cH-]1. The minimum Gasteiger partial charge on any atom is -0.748 e. The first-order chi connectivity index (χ1) is 5.93. The molecule has 0 amide bonds. The van der Waals surface area contributed by atoms with Crippen molar-refractivity contribution in [1.82, 2.24) is 0 Å². The summed E-state index contributed by atoms with van der Waals surface area (Å²) >= 11 is 0. The average Bonchev–Trinajstić information content (AvgIpc) is 2.81.